The van der Waals surface area contributed by atoms with Gasteiger partial charge in [0.15, 0.2) is 6.10 Å². The number of likely N-dealkylation sites (tertiary alicyclic amines) is 1. The van der Waals surface area contributed by atoms with E-state index in [0.717, 1.165) is 6.42 Å². The summed E-state index contributed by atoms with van der Waals surface area (Å²) in [6.07, 6.45) is 0.211. The minimum atomic E-state index is -0.619. The summed E-state index contributed by atoms with van der Waals surface area (Å²) in [4.78, 5) is 14.0. The van der Waals surface area contributed by atoms with E-state index in [1.807, 2.05) is 0 Å². The molecule has 1 aromatic carbocycles. The lowest BCUT2D eigenvalue weighted by Gasteiger charge is -2.22. The van der Waals surface area contributed by atoms with E-state index in [1.165, 1.54) is 0 Å². The zero-order valence-corrected chi connectivity index (χ0v) is 12.7. The molecule has 1 heterocycles. The molecule has 1 fully saturated rings. The summed E-state index contributed by atoms with van der Waals surface area (Å²) in [7, 11) is 0. The normalized spacial score (nSPS) is 20.0. The molecule has 0 radical (unpaired) electrons. The maximum Gasteiger partial charge on any atom is 0.263 e. The fourth-order valence-electron chi connectivity index (χ4n) is 2.25. The third kappa shape index (κ3) is 3.57. The van der Waals surface area contributed by atoms with Crippen molar-refractivity contribution >= 4 is 29.1 Å². The van der Waals surface area contributed by atoms with Crippen molar-refractivity contribution in [2.75, 3.05) is 19.7 Å². The minimum Gasteiger partial charge on any atom is -0.479 e. The number of aliphatic hydroxyl groups is 1. The second kappa shape index (κ2) is 6.66. The summed E-state index contributed by atoms with van der Waals surface area (Å²) >= 11 is 11.8. The van der Waals surface area contributed by atoms with Crippen LogP contribution in [0.2, 0.25) is 10.0 Å². The van der Waals surface area contributed by atoms with Crippen LogP contribution < -0.4 is 4.74 Å². The highest BCUT2D eigenvalue weighted by Crippen LogP contribution is 2.28. The first-order chi connectivity index (χ1) is 9.51. The first kappa shape index (κ1) is 15.4. The van der Waals surface area contributed by atoms with Crippen LogP contribution in [0.4, 0.5) is 0 Å². The lowest BCUT2D eigenvalue weighted by molar-refractivity contribution is -0.137. The number of amides is 1. The third-order valence-corrected chi connectivity index (χ3v) is 3.93. The second-order valence-corrected chi connectivity index (χ2v) is 5.80. The Morgan fingerprint density at radius 2 is 2.30 bits per heavy atom. The van der Waals surface area contributed by atoms with Gasteiger partial charge in [0.25, 0.3) is 5.91 Å². The molecule has 0 saturated carbocycles. The molecule has 20 heavy (non-hydrogen) atoms. The molecule has 1 N–H and O–H groups in total. The number of aliphatic hydroxyl groups excluding tert-OH is 1. The lowest BCUT2D eigenvalue weighted by Crippen LogP contribution is -2.39. The zero-order valence-electron chi connectivity index (χ0n) is 11.2. The van der Waals surface area contributed by atoms with Crippen molar-refractivity contribution in [1.82, 2.24) is 4.90 Å². The van der Waals surface area contributed by atoms with E-state index in [9.17, 15) is 4.79 Å². The molecule has 6 heteroatoms. The van der Waals surface area contributed by atoms with E-state index in [-0.39, 0.29) is 18.4 Å². The molecule has 1 saturated heterocycles. The van der Waals surface area contributed by atoms with Crippen LogP contribution in [0.25, 0.3) is 0 Å². The lowest BCUT2D eigenvalue weighted by atomic mass is 10.1. The first-order valence-electron chi connectivity index (χ1n) is 6.52. The van der Waals surface area contributed by atoms with Gasteiger partial charge in [-0.05, 0) is 31.5 Å². The summed E-state index contributed by atoms with van der Waals surface area (Å²) in [6, 6.07) is 4.89. The smallest absolute Gasteiger partial charge is 0.263 e. The van der Waals surface area contributed by atoms with Crippen molar-refractivity contribution in [2.24, 2.45) is 5.92 Å². The molecule has 0 aliphatic carbocycles. The predicted octanol–water partition coefficient (Wildman–Crippen LogP) is 2.60. The molecule has 0 spiro atoms. The number of nitrogens with zero attached hydrogens (tertiary/aromatic N) is 1. The van der Waals surface area contributed by atoms with Gasteiger partial charge >= 0.3 is 0 Å². The van der Waals surface area contributed by atoms with Crippen LogP contribution in [0.1, 0.15) is 13.3 Å². The Morgan fingerprint density at radius 1 is 1.55 bits per heavy atom. The quantitative estimate of drug-likeness (QED) is 0.928. The van der Waals surface area contributed by atoms with Gasteiger partial charge in [-0.25, -0.2) is 0 Å². The van der Waals surface area contributed by atoms with E-state index in [1.54, 1.807) is 30.0 Å². The number of carbonyl (C=O) groups excluding carboxylic acids is 1. The zero-order chi connectivity index (χ0) is 14.7. The van der Waals surface area contributed by atoms with Crippen LogP contribution in [0.15, 0.2) is 18.2 Å². The Labute approximate surface area is 128 Å². The Kier molecular flexibility index (Phi) is 5.13. The minimum absolute atomic E-state index is 0.0908. The van der Waals surface area contributed by atoms with Crippen molar-refractivity contribution in [3.63, 3.8) is 0 Å². The van der Waals surface area contributed by atoms with Gasteiger partial charge in [0.05, 0.1) is 5.02 Å². The summed E-state index contributed by atoms with van der Waals surface area (Å²) in [6.45, 7) is 3.05. The summed E-state index contributed by atoms with van der Waals surface area (Å²) in [5.41, 5.74) is 0. The predicted molar refractivity (Wildman–Crippen MR) is 78.3 cm³/mol. The van der Waals surface area contributed by atoms with Gasteiger partial charge in [-0.1, -0.05) is 23.2 Å². The van der Waals surface area contributed by atoms with Crippen molar-refractivity contribution in [2.45, 2.75) is 19.4 Å². The molecule has 1 aromatic rings. The van der Waals surface area contributed by atoms with Gasteiger partial charge in [0.2, 0.25) is 0 Å². The highest BCUT2D eigenvalue weighted by atomic mass is 35.5. The van der Waals surface area contributed by atoms with Crippen LogP contribution in [0.5, 0.6) is 5.75 Å². The van der Waals surface area contributed by atoms with E-state index in [0.29, 0.717) is 28.9 Å². The third-order valence-electron chi connectivity index (χ3n) is 3.40. The topological polar surface area (TPSA) is 49.8 Å². The van der Waals surface area contributed by atoms with Gasteiger partial charge in [-0.15, -0.1) is 0 Å². The fourth-order valence-corrected chi connectivity index (χ4v) is 2.70. The number of benzene rings is 1. The SMILES string of the molecule is CC(Oc1ccc(Cl)cc1Cl)C(=O)N1CCC(CO)C1. The van der Waals surface area contributed by atoms with E-state index in [4.69, 9.17) is 33.0 Å². The molecule has 0 bridgehead atoms. The van der Waals surface area contributed by atoms with Gasteiger partial charge in [0, 0.05) is 30.6 Å². The molecule has 2 atom stereocenters. The Bertz CT molecular complexity index is 495. The molecule has 2 unspecified atom stereocenters. The maximum atomic E-state index is 12.2. The molecule has 1 amide bonds. The van der Waals surface area contributed by atoms with Crippen molar-refractivity contribution < 1.29 is 14.6 Å². The number of hydrogen-bond acceptors (Lipinski definition) is 3. The fraction of sp³-hybridized carbons (Fsp3) is 0.500. The van der Waals surface area contributed by atoms with Crippen molar-refractivity contribution in [3.05, 3.63) is 28.2 Å². The van der Waals surface area contributed by atoms with Crippen LogP contribution >= 0.6 is 23.2 Å². The molecule has 110 valence electrons. The van der Waals surface area contributed by atoms with E-state index < -0.39 is 6.10 Å². The highest BCUT2D eigenvalue weighted by Gasteiger charge is 2.29. The van der Waals surface area contributed by atoms with Crippen LogP contribution in [-0.2, 0) is 4.79 Å². The van der Waals surface area contributed by atoms with Crippen LogP contribution in [0.3, 0.4) is 0 Å². The summed E-state index contributed by atoms with van der Waals surface area (Å²) in [5.74, 6) is 0.520. The molecule has 4 nitrogen and oxygen atoms in total. The van der Waals surface area contributed by atoms with Crippen molar-refractivity contribution in [3.8, 4) is 5.75 Å². The number of carbonyl (C=O) groups is 1. The number of ether oxygens (including phenoxy) is 1. The van der Waals surface area contributed by atoms with Gasteiger partial charge in [0.1, 0.15) is 5.75 Å². The Morgan fingerprint density at radius 3 is 2.90 bits per heavy atom. The first-order valence-corrected chi connectivity index (χ1v) is 7.28. The molecular formula is C14H17Cl2NO3. The Hall–Kier alpha value is -0.970. The van der Waals surface area contributed by atoms with Gasteiger partial charge in [-0.3, -0.25) is 4.79 Å². The standard InChI is InChI=1S/C14H17Cl2NO3/c1-9(14(19)17-5-4-10(7-17)8-18)20-13-3-2-11(15)6-12(13)16/h2-3,6,9-10,18H,4-5,7-8H2,1H3. The monoisotopic (exact) mass is 317 g/mol. The second-order valence-electron chi connectivity index (χ2n) is 4.96. The molecule has 1 aliphatic rings. The van der Waals surface area contributed by atoms with E-state index >= 15 is 0 Å². The molecule has 2 rings (SSSR count). The molecular weight excluding hydrogens is 301 g/mol. The largest absolute Gasteiger partial charge is 0.479 e. The van der Waals surface area contributed by atoms with Crippen molar-refractivity contribution in [1.29, 1.82) is 0 Å². The summed E-state index contributed by atoms with van der Waals surface area (Å²) in [5, 5.41) is 10.0. The number of halogens is 2. The maximum absolute atomic E-state index is 12.2. The average molecular weight is 318 g/mol. The average Bonchev–Trinajstić information content (AvgIpc) is 2.89. The molecule has 1 aliphatic heterocycles. The van der Waals surface area contributed by atoms with Crippen LogP contribution in [-0.4, -0.2) is 41.7 Å². The van der Waals surface area contributed by atoms with Gasteiger partial charge in [-0.2, -0.15) is 0 Å². The number of rotatable bonds is 4. The van der Waals surface area contributed by atoms with Crippen LogP contribution in [0, 0.1) is 5.92 Å². The summed E-state index contributed by atoms with van der Waals surface area (Å²) < 4.78 is 5.60. The Balaban J connectivity index is 1.97. The van der Waals surface area contributed by atoms with E-state index in [2.05, 4.69) is 0 Å². The van der Waals surface area contributed by atoms with Gasteiger partial charge < -0.3 is 14.7 Å². The molecule has 0 aromatic heterocycles. The highest BCUT2D eigenvalue weighted by molar-refractivity contribution is 6.35. The number of hydrogen-bond donors (Lipinski definition) is 1.